The van der Waals surface area contributed by atoms with Crippen molar-refractivity contribution in [3.8, 4) is 17.2 Å². The predicted molar refractivity (Wildman–Crippen MR) is 134 cm³/mol. The Bertz CT molecular complexity index is 1100. The van der Waals surface area contributed by atoms with Crippen molar-refractivity contribution in [1.29, 1.82) is 0 Å². The Morgan fingerprint density at radius 1 is 0.882 bits per heavy atom. The lowest BCUT2D eigenvalue weighted by Crippen LogP contribution is -2.39. The third kappa shape index (κ3) is 4.80. The SMILES string of the molecule is CC(C)(OC(=O)COc1ccc([S+]2c3ccccc3Oc3ccccc32)cc1)C1CCCCC1. The van der Waals surface area contributed by atoms with Crippen molar-refractivity contribution < 1.29 is 19.0 Å². The van der Waals surface area contributed by atoms with Gasteiger partial charge < -0.3 is 14.2 Å². The van der Waals surface area contributed by atoms with Gasteiger partial charge in [-0.15, -0.1) is 0 Å². The van der Waals surface area contributed by atoms with Crippen molar-refractivity contribution in [3.05, 3.63) is 72.8 Å². The molecule has 1 saturated carbocycles. The molecule has 3 aromatic rings. The molecule has 0 saturated heterocycles. The molecule has 5 rings (SSSR count). The number of benzene rings is 3. The number of esters is 1. The van der Waals surface area contributed by atoms with E-state index in [9.17, 15) is 4.79 Å². The van der Waals surface area contributed by atoms with Crippen LogP contribution in [0.2, 0.25) is 0 Å². The maximum Gasteiger partial charge on any atom is 0.344 e. The van der Waals surface area contributed by atoms with Crippen molar-refractivity contribution in [2.24, 2.45) is 5.92 Å². The number of hydrogen-bond acceptors (Lipinski definition) is 4. The predicted octanol–water partition coefficient (Wildman–Crippen LogP) is 7.17. The normalized spacial score (nSPS) is 16.2. The smallest absolute Gasteiger partial charge is 0.344 e. The largest absolute Gasteiger partial charge is 0.482 e. The van der Waals surface area contributed by atoms with Crippen LogP contribution >= 0.6 is 0 Å². The number of carbonyl (C=O) groups excluding carboxylic acids is 1. The molecular formula is C29H31O4S+. The number of carbonyl (C=O) groups is 1. The molecular weight excluding hydrogens is 444 g/mol. The molecule has 0 spiro atoms. The van der Waals surface area contributed by atoms with E-state index >= 15 is 0 Å². The van der Waals surface area contributed by atoms with E-state index in [1.165, 1.54) is 33.9 Å². The molecule has 5 heteroatoms. The molecule has 1 heterocycles. The summed E-state index contributed by atoms with van der Waals surface area (Å²) < 4.78 is 17.7. The van der Waals surface area contributed by atoms with Gasteiger partial charge in [0, 0.05) is 0 Å². The minimum Gasteiger partial charge on any atom is -0.482 e. The highest BCUT2D eigenvalue weighted by molar-refractivity contribution is 7.97. The van der Waals surface area contributed by atoms with Crippen LogP contribution in [0.4, 0.5) is 0 Å². The second-order valence-electron chi connectivity index (χ2n) is 9.47. The average molecular weight is 476 g/mol. The highest BCUT2D eigenvalue weighted by Crippen LogP contribution is 2.46. The Labute approximate surface area is 204 Å². The fraction of sp³-hybridized carbons (Fsp3) is 0.345. The molecule has 4 nitrogen and oxygen atoms in total. The van der Waals surface area contributed by atoms with E-state index in [4.69, 9.17) is 14.2 Å². The molecule has 3 aromatic carbocycles. The van der Waals surface area contributed by atoms with Crippen LogP contribution in [-0.2, 0) is 20.4 Å². The standard InChI is InChI=1S/C29H31O4S/c1-29(2,21-10-4-3-5-11-21)33-28(30)20-31-22-16-18-23(19-17-22)34-26-14-8-6-12-24(26)32-25-13-7-9-15-27(25)34/h6-9,12-19,21H,3-5,10-11,20H2,1-2H3/q+1. The molecule has 0 N–H and O–H groups in total. The summed E-state index contributed by atoms with van der Waals surface area (Å²) in [6, 6.07) is 24.4. The molecule has 1 aliphatic heterocycles. The topological polar surface area (TPSA) is 44.8 Å². The van der Waals surface area contributed by atoms with Gasteiger partial charge in [0.05, 0.1) is 0 Å². The molecule has 0 unspecified atom stereocenters. The van der Waals surface area contributed by atoms with Gasteiger partial charge in [0.25, 0.3) is 0 Å². The summed E-state index contributed by atoms with van der Waals surface area (Å²) in [6.07, 6.45) is 5.98. The maximum atomic E-state index is 12.5. The van der Waals surface area contributed by atoms with Gasteiger partial charge in [-0.3, -0.25) is 0 Å². The molecule has 1 fully saturated rings. The van der Waals surface area contributed by atoms with Gasteiger partial charge in [0.15, 0.2) is 23.0 Å². The summed E-state index contributed by atoms with van der Waals surface area (Å²) in [4.78, 5) is 16.0. The third-order valence-corrected chi connectivity index (χ3v) is 9.04. The summed E-state index contributed by atoms with van der Waals surface area (Å²) in [5, 5.41) is 0. The summed E-state index contributed by atoms with van der Waals surface area (Å²) in [7, 11) is -0.268. The lowest BCUT2D eigenvalue weighted by Gasteiger charge is -2.36. The van der Waals surface area contributed by atoms with Crippen molar-refractivity contribution in [2.75, 3.05) is 6.61 Å². The first-order valence-corrected chi connectivity index (χ1v) is 13.3. The van der Waals surface area contributed by atoms with Gasteiger partial charge in [-0.1, -0.05) is 43.5 Å². The van der Waals surface area contributed by atoms with Gasteiger partial charge >= 0.3 is 5.97 Å². The van der Waals surface area contributed by atoms with E-state index < -0.39 is 5.60 Å². The minimum absolute atomic E-state index is 0.0826. The average Bonchev–Trinajstić information content (AvgIpc) is 2.87. The molecule has 0 amide bonds. The zero-order valence-corrected chi connectivity index (χ0v) is 20.6. The first kappa shape index (κ1) is 22.9. The zero-order valence-electron chi connectivity index (χ0n) is 19.8. The Morgan fingerprint density at radius 3 is 2.09 bits per heavy atom. The Morgan fingerprint density at radius 2 is 1.47 bits per heavy atom. The molecule has 1 aliphatic carbocycles. The maximum absolute atomic E-state index is 12.5. The van der Waals surface area contributed by atoms with Crippen molar-refractivity contribution in [2.45, 2.75) is 66.2 Å². The van der Waals surface area contributed by atoms with Crippen LogP contribution in [-0.4, -0.2) is 18.2 Å². The second kappa shape index (κ2) is 9.75. The molecule has 176 valence electrons. The van der Waals surface area contributed by atoms with E-state index in [1.807, 2.05) is 62.4 Å². The van der Waals surface area contributed by atoms with Crippen LogP contribution in [0.25, 0.3) is 0 Å². The molecule has 0 aromatic heterocycles. The monoisotopic (exact) mass is 475 g/mol. The first-order valence-electron chi connectivity index (χ1n) is 12.1. The number of ether oxygens (including phenoxy) is 3. The fourth-order valence-electron chi connectivity index (χ4n) is 4.92. The van der Waals surface area contributed by atoms with Crippen LogP contribution in [0.3, 0.4) is 0 Å². The number of rotatable bonds is 6. The zero-order chi connectivity index (χ0) is 23.5. The van der Waals surface area contributed by atoms with Crippen LogP contribution < -0.4 is 9.47 Å². The summed E-state index contributed by atoms with van der Waals surface area (Å²) in [5.74, 6) is 2.57. The Balaban J connectivity index is 1.26. The van der Waals surface area contributed by atoms with E-state index in [1.54, 1.807) is 0 Å². The summed E-state index contributed by atoms with van der Waals surface area (Å²) in [5.41, 5.74) is -0.449. The van der Waals surface area contributed by atoms with Crippen molar-refractivity contribution >= 4 is 16.9 Å². The fourth-order valence-corrected chi connectivity index (χ4v) is 7.12. The highest BCUT2D eigenvalue weighted by Gasteiger charge is 2.39. The van der Waals surface area contributed by atoms with Crippen LogP contribution in [0.5, 0.6) is 17.2 Å². The van der Waals surface area contributed by atoms with Gasteiger partial charge in [-0.25, -0.2) is 4.79 Å². The first-order chi connectivity index (χ1) is 16.5. The van der Waals surface area contributed by atoms with Crippen LogP contribution in [0.1, 0.15) is 46.0 Å². The van der Waals surface area contributed by atoms with Crippen LogP contribution in [0, 0.1) is 5.92 Å². The van der Waals surface area contributed by atoms with Gasteiger partial charge in [0.1, 0.15) is 22.2 Å². The number of fused-ring (bicyclic) bond motifs is 2. The molecule has 0 bridgehead atoms. The minimum atomic E-state index is -0.449. The molecule has 0 radical (unpaired) electrons. The van der Waals surface area contributed by atoms with E-state index in [0.717, 1.165) is 24.3 Å². The summed E-state index contributed by atoms with van der Waals surface area (Å²) >= 11 is 0. The lowest BCUT2D eigenvalue weighted by molar-refractivity contribution is -0.165. The van der Waals surface area contributed by atoms with Gasteiger partial charge in [0.2, 0.25) is 9.79 Å². The quantitative estimate of drug-likeness (QED) is 0.219. The Hall–Kier alpha value is -2.92. The third-order valence-electron chi connectivity index (χ3n) is 6.74. The van der Waals surface area contributed by atoms with Gasteiger partial charge in [-0.2, -0.15) is 0 Å². The van der Waals surface area contributed by atoms with Gasteiger partial charge in [-0.05, 0) is 81.1 Å². The van der Waals surface area contributed by atoms with Crippen molar-refractivity contribution in [1.82, 2.24) is 0 Å². The van der Waals surface area contributed by atoms with Crippen molar-refractivity contribution in [3.63, 3.8) is 0 Å². The molecule has 34 heavy (non-hydrogen) atoms. The van der Waals surface area contributed by atoms with E-state index in [-0.39, 0.29) is 23.5 Å². The summed E-state index contributed by atoms with van der Waals surface area (Å²) in [6.45, 7) is 3.97. The van der Waals surface area contributed by atoms with E-state index in [0.29, 0.717) is 11.7 Å². The highest BCUT2D eigenvalue weighted by atomic mass is 32.2. The van der Waals surface area contributed by atoms with Crippen LogP contribution in [0.15, 0.2) is 87.5 Å². The molecule has 0 atom stereocenters. The second-order valence-corrected chi connectivity index (χ2v) is 11.4. The molecule has 2 aliphatic rings. The number of hydrogen-bond donors (Lipinski definition) is 0. The lowest BCUT2D eigenvalue weighted by atomic mass is 9.79. The number of para-hydroxylation sites is 2. The Kier molecular flexibility index (Phi) is 6.55. The van der Waals surface area contributed by atoms with E-state index in [2.05, 4.69) is 24.3 Å².